The SMILES string of the molecule is CCOC(=O)C1CC=C(C)C1C(=O)OCC. The molecule has 1 rings (SSSR count). The Labute approximate surface area is 95.6 Å². The lowest BCUT2D eigenvalue weighted by atomic mass is 9.92. The summed E-state index contributed by atoms with van der Waals surface area (Å²) in [6.07, 6.45) is 2.47. The molecule has 1 aliphatic rings. The summed E-state index contributed by atoms with van der Waals surface area (Å²) in [5.74, 6) is -1.50. The lowest BCUT2D eigenvalue weighted by molar-refractivity contribution is -0.158. The van der Waals surface area contributed by atoms with E-state index >= 15 is 0 Å². The highest BCUT2D eigenvalue weighted by molar-refractivity contribution is 5.85. The van der Waals surface area contributed by atoms with Crippen LogP contribution in [0.15, 0.2) is 11.6 Å². The maximum absolute atomic E-state index is 11.7. The first-order chi connectivity index (χ1) is 7.61. The Hall–Kier alpha value is -1.32. The Morgan fingerprint density at radius 1 is 1.25 bits per heavy atom. The van der Waals surface area contributed by atoms with Crippen molar-refractivity contribution >= 4 is 11.9 Å². The number of allylic oxidation sites excluding steroid dienone is 1. The van der Waals surface area contributed by atoms with Gasteiger partial charge in [0, 0.05) is 0 Å². The molecule has 0 bridgehead atoms. The van der Waals surface area contributed by atoms with Gasteiger partial charge in [-0.15, -0.1) is 0 Å². The molecule has 0 saturated heterocycles. The van der Waals surface area contributed by atoms with Crippen LogP contribution in [0.2, 0.25) is 0 Å². The minimum absolute atomic E-state index is 0.311. The summed E-state index contributed by atoms with van der Waals surface area (Å²) in [5, 5.41) is 0. The van der Waals surface area contributed by atoms with Gasteiger partial charge in [-0.2, -0.15) is 0 Å². The number of ether oxygens (including phenoxy) is 2. The van der Waals surface area contributed by atoms with Gasteiger partial charge in [0.25, 0.3) is 0 Å². The topological polar surface area (TPSA) is 52.6 Å². The van der Waals surface area contributed by atoms with Crippen molar-refractivity contribution in [3.05, 3.63) is 11.6 Å². The maximum atomic E-state index is 11.7. The molecular formula is C12H18O4. The number of esters is 2. The average molecular weight is 226 g/mol. The standard InChI is InChI=1S/C12H18O4/c1-4-15-11(13)9-7-6-8(3)10(9)12(14)16-5-2/h6,9-10H,4-5,7H2,1-3H3. The molecule has 16 heavy (non-hydrogen) atoms. The molecule has 4 heteroatoms. The lowest BCUT2D eigenvalue weighted by Crippen LogP contribution is -2.30. The summed E-state index contributed by atoms with van der Waals surface area (Å²) < 4.78 is 9.92. The third-order valence-corrected chi connectivity index (χ3v) is 2.72. The fraction of sp³-hybridized carbons (Fsp3) is 0.667. The van der Waals surface area contributed by atoms with Crippen molar-refractivity contribution < 1.29 is 19.1 Å². The summed E-state index contributed by atoms with van der Waals surface area (Å²) in [6.45, 7) is 6.03. The summed E-state index contributed by atoms with van der Waals surface area (Å²) in [5.41, 5.74) is 0.900. The van der Waals surface area contributed by atoms with Crippen molar-refractivity contribution in [1.82, 2.24) is 0 Å². The molecule has 0 N–H and O–H groups in total. The van der Waals surface area contributed by atoms with Crippen LogP contribution in [0.3, 0.4) is 0 Å². The van der Waals surface area contributed by atoms with E-state index in [1.807, 2.05) is 13.0 Å². The Morgan fingerprint density at radius 3 is 2.38 bits per heavy atom. The fourth-order valence-electron chi connectivity index (χ4n) is 1.96. The molecule has 0 aromatic carbocycles. The minimum Gasteiger partial charge on any atom is -0.466 e. The van der Waals surface area contributed by atoms with E-state index in [-0.39, 0.29) is 11.9 Å². The molecule has 0 heterocycles. The van der Waals surface area contributed by atoms with Crippen molar-refractivity contribution in [3.63, 3.8) is 0 Å². The van der Waals surface area contributed by atoms with Crippen LogP contribution in [0.5, 0.6) is 0 Å². The van der Waals surface area contributed by atoms with E-state index in [0.29, 0.717) is 19.6 Å². The molecule has 0 spiro atoms. The first kappa shape index (κ1) is 12.7. The summed E-state index contributed by atoms with van der Waals surface area (Å²) in [4.78, 5) is 23.4. The van der Waals surface area contributed by atoms with Crippen molar-refractivity contribution in [3.8, 4) is 0 Å². The second-order valence-corrected chi connectivity index (χ2v) is 3.77. The van der Waals surface area contributed by atoms with Crippen LogP contribution < -0.4 is 0 Å². The molecule has 0 amide bonds. The second kappa shape index (κ2) is 5.68. The number of rotatable bonds is 4. The molecular weight excluding hydrogens is 208 g/mol. The molecule has 0 aromatic rings. The first-order valence-corrected chi connectivity index (χ1v) is 5.61. The van der Waals surface area contributed by atoms with Gasteiger partial charge in [0.15, 0.2) is 0 Å². The molecule has 4 nitrogen and oxygen atoms in total. The van der Waals surface area contributed by atoms with Crippen LogP contribution in [0.25, 0.3) is 0 Å². The van der Waals surface area contributed by atoms with E-state index in [1.54, 1.807) is 13.8 Å². The van der Waals surface area contributed by atoms with E-state index in [4.69, 9.17) is 9.47 Å². The van der Waals surface area contributed by atoms with Crippen LogP contribution in [0.1, 0.15) is 27.2 Å². The molecule has 0 aromatic heterocycles. The Morgan fingerprint density at radius 2 is 1.81 bits per heavy atom. The Bertz CT molecular complexity index is 306. The monoisotopic (exact) mass is 226 g/mol. The predicted molar refractivity (Wildman–Crippen MR) is 58.6 cm³/mol. The van der Waals surface area contributed by atoms with E-state index in [9.17, 15) is 9.59 Å². The highest BCUT2D eigenvalue weighted by Gasteiger charge is 2.39. The molecule has 0 fully saturated rings. The molecule has 2 unspecified atom stereocenters. The van der Waals surface area contributed by atoms with Crippen molar-refractivity contribution in [2.24, 2.45) is 11.8 Å². The lowest BCUT2D eigenvalue weighted by Gasteiger charge is -2.18. The smallest absolute Gasteiger partial charge is 0.313 e. The van der Waals surface area contributed by atoms with Gasteiger partial charge in [-0.05, 0) is 27.2 Å². The van der Waals surface area contributed by atoms with Gasteiger partial charge in [-0.3, -0.25) is 9.59 Å². The van der Waals surface area contributed by atoms with E-state index in [0.717, 1.165) is 5.57 Å². The van der Waals surface area contributed by atoms with Crippen LogP contribution in [-0.4, -0.2) is 25.2 Å². The van der Waals surface area contributed by atoms with Gasteiger partial charge in [-0.1, -0.05) is 11.6 Å². The van der Waals surface area contributed by atoms with Crippen molar-refractivity contribution in [1.29, 1.82) is 0 Å². The van der Waals surface area contributed by atoms with Gasteiger partial charge in [0.2, 0.25) is 0 Å². The third-order valence-electron chi connectivity index (χ3n) is 2.72. The van der Waals surface area contributed by atoms with Crippen LogP contribution in [0.4, 0.5) is 0 Å². The number of carbonyl (C=O) groups excluding carboxylic acids is 2. The third kappa shape index (κ3) is 2.62. The summed E-state index contributed by atoms with van der Waals surface area (Å²) >= 11 is 0. The largest absolute Gasteiger partial charge is 0.466 e. The predicted octanol–water partition coefficient (Wildman–Crippen LogP) is 1.70. The van der Waals surface area contributed by atoms with Crippen LogP contribution >= 0.6 is 0 Å². The summed E-state index contributed by atoms with van der Waals surface area (Å²) in [6, 6.07) is 0. The van der Waals surface area contributed by atoms with E-state index < -0.39 is 11.8 Å². The van der Waals surface area contributed by atoms with Gasteiger partial charge in [-0.25, -0.2) is 0 Å². The zero-order valence-corrected chi connectivity index (χ0v) is 9.99. The highest BCUT2D eigenvalue weighted by Crippen LogP contribution is 2.33. The maximum Gasteiger partial charge on any atom is 0.313 e. The molecule has 1 aliphatic carbocycles. The average Bonchev–Trinajstić information content (AvgIpc) is 2.61. The van der Waals surface area contributed by atoms with E-state index in [1.165, 1.54) is 0 Å². The van der Waals surface area contributed by atoms with Gasteiger partial charge < -0.3 is 9.47 Å². The van der Waals surface area contributed by atoms with E-state index in [2.05, 4.69) is 0 Å². The second-order valence-electron chi connectivity index (χ2n) is 3.77. The molecule has 0 saturated carbocycles. The number of carbonyl (C=O) groups is 2. The number of hydrogen-bond donors (Lipinski definition) is 0. The molecule has 2 atom stereocenters. The molecule has 0 aliphatic heterocycles. The molecule has 90 valence electrons. The normalized spacial score (nSPS) is 23.8. The Kier molecular flexibility index (Phi) is 4.52. The van der Waals surface area contributed by atoms with Gasteiger partial charge >= 0.3 is 11.9 Å². The Balaban J connectivity index is 2.73. The van der Waals surface area contributed by atoms with Crippen LogP contribution in [-0.2, 0) is 19.1 Å². The van der Waals surface area contributed by atoms with Crippen molar-refractivity contribution in [2.45, 2.75) is 27.2 Å². The van der Waals surface area contributed by atoms with Crippen molar-refractivity contribution in [2.75, 3.05) is 13.2 Å². The first-order valence-electron chi connectivity index (χ1n) is 5.61. The van der Waals surface area contributed by atoms with Gasteiger partial charge in [0.05, 0.1) is 25.0 Å². The zero-order valence-electron chi connectivity index (χ0n) is 9.99. The van der Waals surface area contributed by atoms with Crippen LogP contribution in [0, 0.1) is 11.8 Å². The van der Waals surface area contributed by atoms with Gasteiger partial charge in [0.1, 0.15) is 0 Å². The molecule has 0 radical (unpaired) electrons. The fourth-order valence-corrected chi connectivity index (χ4v) is 1.96. The quantitative estimate of drug-likeness (QED) is 0.540. The summed E-state index contributed by atoms with van der Waals surface area (Å²) in [7, 11) is 0. The highest BCUT2D eigenvalue weighted by atomic mass is 16.5. The number of hydrogen-bond acceptors (Lipinski definition) is 4. The zero-order chi connectivity index (χ0) is 12.1. The minimum atomic E-state index is -0.459.